The summed E-state index contributed by atoms with van der Waals surface area (Å²) in [7, 11) is 1.28. The number of thioether (sulfide) groups is 1. The Kier molecular flexibility index (Phi) is 4.52. The molecule has 0 unspecified atom stereocenters. The standard InChI is InChI=1S/C17H14N2O4S/c1-10-4-3-5-11(8-10)18-17-19-15(20)14(24-17)9-12-6-7-13(23-12)16(21)22-2/h3-9H,1-2H3,(H,18,19,20). The Morgan fingerprint density at radius 3 is 2.92 bits per heavy atom. The maximum atomic E-state index is 12.0. The second kappa shape index (κ2) is 6.76. The molecule has 0 aliphatic carbocycles. The monoisotopic (exact) mass is 342 g/mol. The van der Waals surface area contributed by atoms with Crippen molar-refractivity contribution in [2.75, 3.05) is 7.11 Å². The second-order valence-corrected chi connectivity index (χ2v) is 6.04. The van der Waals surface area contributed by atoms with E-state index >= 15 is 0 Å². The first-order valence-corrected chi connectivity index (χ1v) is 7.91. The number of carbonyl (C=O) groups is 2. The highest BCUT2D eigenvalue weighted by atomic mass is 32.2. The number of carbonyl (C=O) groups excluding carboxylic acids is 2. The van der Waals surface area contributed by atoms with E-state index in [0.29, 0.717) is 15.8 Å². The number of esters is 1. The molecule has 0 saturated carbocycles. The highest BCUT2D eigenvalue weighted by molar-refractivity contribution is 8.18. The van der Waals surface area contributed by atoms with Gasteiger partial charge in [0.2, 0.25) is 5.76 Å². The van der Waals surface area contributed by atoms with Gasteiger partial charge in [-0.25, -0.2) is 9.79 Å². The Morgan fingerprint density at radius 1 is 1.33 bits per heavy atom. The normalized spacial score (nSPS) is 17.3. The molecule has 1 aromatic heterocycles. The topological polar surface area (TPSA) is 80.9 Å². The largest absolute Gasteiger partial charge is 0.463 e. The van der Waals surface area contributed by atoms with Crippen molar-refractivity contribution < 1.29 is 18.7 Å². The van der Waals surface area contributed by atoms with Gasteiger partial charge < -0.3 is 14.5 Å². The fourth-order valence-electron chi connectivity index (χ4n) is 2.07. The van der Waals surface area contributed by atoms with Gasteiger partial charge in [0.05, 0.1) is 17.7 Å². The molecule has 0 spiro atoms. The first-order valence-electron chi connectivity index (χ1n) is 7.09. The summed E-state index contributed by atoms with van der Waals surface area (Å²) in [4.78, 5) is 28.2. The molecule has 3 rings (SSSR count). The van der Waals surface area contributed by atoms with Crippen LogP contribution in [0, 0.1) is 6.92 Å². The number of furan rings is 1. The number of aryl methyl sites for hydroxylation is 1. The van der Waals surface area contributed by atoms with Gasteiger partial charge >= 0.3 is 5.97 Å². The van der Waals surface area contributed by atoms with E-state index in [2.05, 4.69) is 15.0 Å². The Bertz CT molecular complexity index is 867. The van der Waals surface area contributed by atoms with Crippen molar-refractivity contribution >= 4 is 40.6 Å². The molecule has 1 saturated heterocycles. The van der Waals surface area contributed by atoms with Gasteiger partial charge in [0.25, 0.3) is 5.91 Å². The van der Waals surface area contributed by atoms with E-state index < -0.39 is 5.97 Å². The van der Waals surface area contributed by atoms with Crippen LogP contribution in [0.2, 0.25) is 0 Å². The molecule has 122 valence electrons. The summed E-state index contributed by atoms with van der Waals surface area (Å²) in [6, 6.07) is 10.8. The van der Waals surface area contributed by atoms with E-state index in [9.17, 15) is 9.59 Å². The van der Waals surface area contributed by atoms with Crippen molar-refractivity contribution in [2.45, 2.75) is 6.92 Å². The summed E-state index contributed by atoms with van der Waals surface area (Å²) in [5, 5.41) is 3.20. The lowest BCUT2D eigenvalue weighted by Gasteiger charge is -1.97. The molecule has 2 heterocycles. The van der Waals surface area contributed by atoms with Crippen LogP contribution >= 0.6 is 11.8 Å². The van der Waals surface area contributed by atoms with Gasteiger partial charge in [-0.3, -0.25) is 4.79 Å². The lowest BCUT2D eigenvalue weighted by Crippen LogP contribution is -2.19. The van der Waals surface area contributed by atoms with E-state index in [1.807, 2.05) is 31.2 Å². The third-order valence-electron chi connectivity index (χ3n) is 3.17. The Morgan fingerprint density at radius 2 is 2.17 bits per heavy atom. The van der Waals surface area contributed by atoms with Gasteiger partial charge in [-0.05, 0) is 48.5 Å². The van der Waals surface area contributed by atoms with Crippen LogP contribution in [0.3, 0.4) is 0 Å². The molecule has 6 nitrogen and oxygen atoms in total. The molecule has 0 radical (unpaired) electrons. The first kappa shape index (κ1) is 16.1. The van der Waals surface area contributed by atoms with Crippen LogP contribution in [0.1, 0.15) is 21.9 Å². The number of methoxy groups -OCH3 is 1. The first-order chi connectivity index (χ1) is 11.5. The minimum Gasteiger partial charge on any atom is -0.463 e. The van der Waals surface area contributed by atoms with Gasteiger partial charge in [-0.15, -0.1) is 0 Å². The van der Waals surface area contributed by atoms with Gasteiger partial charge in [0, 0.05) is 6.08 Å². The second-order valence-electron chi connectivity index (χ2n) is 5.01. The van der Waals surface area contributed by atoms with E-state index in [4.69, 9.17) is 4.42 Å². The smallest absolute Gasteiger partial charge is 0.373 e. The number of rotatable bonds is 3. The summed E-state index contributed by atoms with van der Waals surface area (Å²) in [6.07, 6.45) is 1.56. The van der Waals surface area contributed by atoms with E-state index in [-0.39, 0.29) is 11.7 Å². The lowest BCUT2D eigenvalue weighted by molar-refractivity contribution is -0.115. The number of benzene rings is 1. The molecule has 1 N–H and O–H groups in total. The predicted molar refractivity (Wildman–Crippen MR) is 92.0 cm³/mol. The quantitative estimate of drug-likeness (QED) is 0.684. The zero-order chi connectivity index (χ0) is 17.1. The molecule has 1 amide bonds. The van der Waals surface area contributed by atoms with E-state index in [0.717, 1.165) is 11.3 Å². The van der Waals surface area contributed by atoms with Gasteiger partial charge in [-0.2, -0.15) is 0 Å². The average Bonchev–Trinajstić information content (AvgIpc) is 3.14. The van der Waals surface area contributed by atoms with Crippen LogP contribution in [-0.2, 0) is 9.53 Å². The summed E-state index contributed by atoms with van der Waals surface area (Å²) in [6.45, 7) is 1.98. The molecule has 7 heteroatoms. The molecule has 24 heavy (non-hydrogen) atoms. The van der Waals surface area contributed by atoms with Crippen LogP contribution in [-0.4, -0.2) is 24.2 Å². The molecule has 1 aliphatic rings. The van der Waals surface area contributed by atoms with Crippen LogP contribution in [0.5, 0.6) is 0 Å². The van der Waals surface area contributed by atoms with E-state index in [1.54, 1.807) is 12.1 Å². The Hall–Kier alpha value is -2.80. The summed E-state index contributed by atoms with van der Waals surface area (Å²) in [5.41, 5.74) is 1.86. The molecule has 2 aromatic rings. The molecular formula is C17H14N2O4S. The molecule has 0 bridgehead atoms. The van der Waals surface area contributed by atoms with Crippen LogP contribution in [0.25, 0.3) is 6.08 Å². The minimum atomic E-state index is -0.565. The number of nitrogens with one attached hydrogen (secondary N) is 1. The molecule has 0 atom stereocenters. The van der Waals surface area contributed by atoms with Crippen molar-refractivity contribution in [2.24, 2.45) is 4.99 Å². The number of amides is 1. The number of amidine groups is 1. The highest BCUT2D eigenvalue weighted by Gasteiger charge is 2.24. The maximum Gasteiger partial charge on any atom is 0.373 e. The fourth-order valence-corrected chi connectivity index (χ4v) is 2.89. The molecule has 1 aromatic carbocycles. The summed E-state index contributed by atoms with van der Waals surface area (Å²) < 4.78 is 9.91. The highest BCUT2D eigenvalue weighted by Crippen LogP contribution is 2.28. The van der Waals surface area contributed by atoms with Gasteiger partial charge in [0.15, 0.2) is 5.17 Å². The summed E-state index contributed by atoms with van der Waals surface area (Å²) >= 11 is 1.21. The number of aliphatic imine (C=N–C) groups is 1. The summed E-state index contributed by atoms with van der Waals surface area (Å²) in [5.74, 6) is -0.349. The third kappa shape index (κ3) is 3.57. The number of nitrogens with zero attached hydrogens (tertiary/aromatic N) is 1. The van der Waals surface area contributed by atoms with Crippen molar-refractivity contribution in [1.82, 2.24) is 5.32 Å². The minimum absolute atomic E-state index is 0.0846. The van der Waals surface area contributed by atoms with Gasteiger partial charge in [0.1, 0.15) is 5.76 Å². The van der Waals surface area contributed by atoms with Gasteiger partial charge in [-0.1, -0.05) is 12.1 Å². The van der Waals surface area contributed by atoms with Crippen LogP contribution in [0.4, 0.5) is 5.69 Å². The Labute approximate surface area is 142 Å². The van der Waals surface area contributed by atoms with Crippen molar-refractivity contribution in [3.63, 3.8) is 0 Å². The molecular weight excluding hydrogens is 328 g/mol. The van der Waals surface area contributed by atoms with Crippen molar-refractivity contribution in [3.05, 3.63) is 58.4 Å². The maximum absolute atomic E-state index is 12.0. The van der Waals surface area contributed by atoms with Crippen molar-refractivity contribution in [1.29, 1.82) is 0 Å². The number of hydrogen-bond donors (Lipinski definition) is 1. The van der Waals surface area contributed by atoms with Crippen LogP contribution < -0.4 is 5.32 Å². The number of hydrogen-bond acceptors (Lipinski definition) is 6. The number of ether oxygens (including phenoxy) is 1. The molecule has 1 aliphatic heterocycles. The lowest BCUT2D eigenvalue weighted by atomic mass is 10.2. The third-order valence-corrected chi connectivity index (χ3v) is 4.08. The van der Waals surface area contributed by atoms with E-state index in [1.165, 1.54) is 24.9 Å². The molecule has 1 fully saturated rings. The zero-order valence-electron chi connectivity index (χ0n) is 13.0. The average molecular weight is 342 g/mol. The predicted octanol–water partition coefficient (Wildman–Crippen LogP) is 3.27. The fraction of sp³-hybridized carbons (Fsp3) is 0.118. The SMILES string of the molecule is COC(=O)c1ccc(C=C2SC(=Nc3cccc(C)c3)NC2=O)o1. The van der Waals surface area contributed by atoms with Crippen molar-refractivity contribution in [3.8, 4) is 0 Å². The Balaban J connectivity index is 1.79. The van der Waals surface area contributed by atoms with Crippen LogP contribution in [0.15, 0.2) is 50.7 Å². The zero-order valence-corrected chi connectivity index (χ0v) is 13.8.